The van der Waals surface area contributed by atoms with E-state index in [4.69, 9.17) is 9.47 Å². The SMILES string of the molecule is COC(=O)c1ccc(CN(CCc2ccccc2OCc2ccc(Br)cc2)C(=O)CC(C)(C)C)cc1. The average molecular weight is 553 g/mol. The minimum absolute atomic E-state index is 0.104. The fourth-order valence-corrected chi connectivity index (χ4v) is 4.05. The number of hydrogen-bond donors (Lipinski definition) is 0. The van der Waals surface area contributed by atoms with Crippen molar-refractivity contribution in [2.45, 2.75) is 46.8 Å². The van der Waals surface area contributed by atoms with Crippen LogP contribution in [0.15, 0.2) is 77.3 Å². The Hall–Kier alpha value is -3.12. The third-order valence-corrected chi connectivity index (χ3v) is 6.24. The Morgan fingerprint density at radius 1 is 0.889 bits per heavy atom. The highest BCUT2D eigenvalue weighted by Gasteiger charge is 2.22. The van der Waals surface area contributed by atoms with Gasteiger partial charge in [-0.05, 0) is 58.9 Å². The van der Waals surface area contributed by atoms with Gasteiger partial charge in [0, 0.05) is 24.0 Å². The van der Waals surface area contributed by atoms with Crippen LogP contribution in [0.3, 0.4) is 0 Å². The van der Waals surface area contributed by atoms with Gasteiger partial charge in [0.2, 0.25) is 5.91 Å². The lowest BCUT2D eigenvalue weighted by molar-refractivity contribution is -0.133. The molecule has 0 fully saturated rings. The molecule has 0 aromatic heterocycles. The second-order valence-electron chi connectivity index (χ2n) is 10.0. The lowest BCUT2D eigenvalue weighted by Crippen LogP contribution is -2.34. The van der Waals surface area contributed by atoms with Gasteiger partial charge >= 0.3 is 5.97 Å². The lowest BCUT2D eigenvalue weighted by Gasteiger charge is -2.27. The van der Waals surface area contributed by atoms with Crippen LogP contribution in [0.1, 0.15) is 54.2 Å². The van der Waals surface area contributed by atoms with Crippen LogP contribution in [-0.2, 0) is 29.1 Å². The summed E-state index contributed by atoms with van der Waals surface area (Å²) >= 11 is 3.46. The van der Waals surface area contributed by atoms with E-state index in [1.54, 1.807) is 12.1 Å². The Morgan fingerprint density at radius 3 is 2.17 bits per heavy atom. The molecule has 0 bridgehead atoms. The molecule has 0 aliphatic rings. The van der Waals surface area contributed by atoms with Crippen molar-refractivity contribution in [3.05, 3.63) is 99.5 Å². The fourth-order valence-electron chi connectivity index (χ4n) is 3.79. The highest BCUT2D eigenvalue weighted by molar-refractivity contribution is 9.10. The molecule has 0 spiro atoms. The van der Waals surface area contributed by atoms with E-state index in [9.17, 15) is 9.59 Å². The number of esters is 1. The van der Waals surface area contributed by atoms with Crippen LogP contribution in [0, 0.1) is 5.41 Å². The quantitative estimate of drug-likeness (QED) is 0.259. The number of para-hydroxylation sites is 1. The van der Waals surface area contributed by atoms with Gasteiger partial charge in [0.25, 0.3) is 0 Å². The Labute approximate surface area is 222 Å². The molecule has 0 aliphatic carbocycles. The predicted octanol–water partition coefficient (Wildman–Crippen LogP) is 6.82. The third-order valence-electron chi connectivity index (χ3n) is 5.71. The topological polar surface area (TPSA) is 55.8 Å². The van der Waals surface area contributed by atoms with Crippen LogP contribution < -0.4 is 4.74 Å². The maximum atomic E-state index is 13.2. The van der Waals surface area contributed by atoms with Gasteiger partial charge in [-0.3, -0.25) is 4.79 Å². The maximum absolute atomic E-state index is 13.2. The molecule has 190 valence electrons. The molecule has 6 heteroatoms. The number of halogens is 1. The number of hydrogen-bond acceptors (Lipinski definition) is 4. The number of carbonyl (C=O) groups excluding carboxylic acids is 2. The zero-order valence-corrected chi connectivity index (χ0v) is 23.0. The van der Waals surface area contributed by atoms with Gasteiger partial charge in [0.1, 0.15) is 12.4 Å². The average Bonchev–Trinajstić information content (AvgIpc) is 2.85. The summed E-state index contributed by atoms with van der Waals surface area (Å²) in [6, 6.07) is 23.3. The number of amides is 1. The van der Waals surface area contributed by atoms with Gasteiger partial charge in [-0.25, -0.2) is 4.79 Å². The molecule has 3 rings (SSSR count). The minimum atomic E-state index is -0.373. The molecule has 0 saturated heterocycles. The van der Waals surface area contributed by atoms with Crippen LogP contribution in [-0.4, -0.2) is 30.4 Å². The minimum Gasteiger partial charge on any atom is -0.489 e. The summed E-state index contributed by atoms with van der Waals surface area (Å²) in [5.41, 5.74) is 3.49. The Bertz CT molecular complexity index is 1150. The van der Waals surface area contributed by atoms with E-state index in [0.29, 0.717) is 38.1 Å². The second-order valence-corrected chi connectivity index (χ2v) is 10.9. The zero-order chi connectivity index (χ0) is 26.1. The van der Waals surface area contributed by atoms with Gasteiger partial charge in [-0.1, -0.05) is 79.2 Å². The monoisotopic (exact) mass is 551 g/mol. The lowest BCUT2D eigenvalue weighted by atomic mass is 9.91. The third kappa shape index (κ3) is 8.52. The van der Waals surface area contributed by atoms with Crippen molar-refractivity contribution in [2.24, 2.45) is 5.41 Å². The van der Waals surface area contributed by atoms with Crippen LogP contribution in [0.2, 0.25) is 0 Å². The normalized spacial score (nSPS) is 11.1. The van der Waals surface area contributed by atoms with E-state index >= 15 is 0 Å². The number of ether oxygens (including phenoxy) is 2. The molecule has 0 radical (unpaired) electrons. The molecule has 0 aliphatic heterocycles. The number of carbonyl (C=O) groups is 2. The first kappa shape index (κ1) is 27.5. The van der Waals surface area contributed by atoms with Crippen molar-refractivity contribution in [3.63, 3.8) is 0 Å². The van der Waals surface area contributed by atoms with Crippen molar-refractivity contribution in [1.29, 1.82) is 0 Å². The highest BCUT2D eigenvalue weighted by atomic mass is 79.9. The highest BCUT2D eigenvalue weighted by Crippen LogP contribution is 2.24. The van der Waals surface area contributed by atoms with Gasteiger partial charge in [0.15, 0.2) is 0 Å². The van der Waals surface area contributed by atoms with Crippen LogP contribution >= 0.6 is 15.9 Å². The molecule has 3 aromatic carbocycles. The van der Waals surface area contributed by atoms with Crippen molar-refractivity contribution in [2.75, 3.05) is 13.7 Å². The summed E-state index contributed by atoms with van der Waals surface area (Å²) in [4.78, 5) is 26.9. The zero-order valence-electron chi connectivity index (χ0n) is 21.4. The first-order chi connectivity index (χ1) is 17.1. The molecule has 0 heterocycles. The van der Waals surface area contributed by atoms with E-state index in [1.165, 1.54) is 7.11 Å². The van der Waals surface area contributed by atoms with Gasteiger partial charge in [-0.2, -0.15) is 0 Å². The van der Waals surface area contributed by atoms with E-state index < -0.39 is 0 Å². The standard InChI is InChI=1S/C30H34BrNO4/c1-30(2,3)19-28(33)32(20-22-9-13-25(14-10-22)29(34)35-4)18-17-24-7-5-6-8-27(24)36-21-23-11-15-26(31)16-12-23/h5-16H,17-21H2,1-4H3. The van der Waals surface area contributed by atoms with E-state index in [0.717, 1.165) is 26.9 Å². The number of benzene rings is 3. The number of rotatable bonds is 10. The van der Waals surface area contributed by atoms with Crippen LogP contribution in [0.5, 0.6) is 5.75 Å². The molecule has 1 amide bonds. The molecule has 0 saturated carbocycles. The first-order valence-corrected chi connectivity index (χ1v) is 12.8. The van der Waals surface area contributed by atoms with E-state index in [1.807, 2.05) is 59.5 Å². The van der Waals surface area contributed by atoms with Crippen molar-refractivity contribution in [1.82, 2.24) is 4.90 Å². The fraction of sp³-hybridized carbons (Fsp3) is 0.333. The van der Waals surface area contributed by atoms with E-state index in [2.05, 4.69) is 42.8 Å². The molecule has 0 unspecified atom stereocenters. The molecule has 36 heavy (non-hydrogen) atoms. The molecular weight excluding hydrogens is 518 g/mol. The summed E-state index contributed by atoms with van der Waals surface area (Å²) in [6.07, 6.45) is 1.13. The van der Waals surface area contributed by atoms with Gasteiger partial charge in [0.05, 0.1) is 12.7 Å². The molecule has 5 nitrogen and oxygen atoms in total. The second kappa shape index (κ2) is 12.7. The summed E-state index contributed by atoms with van der Waals surface area (Å²) in [6.45, 7) is 7.71. The number of nitrogens with zero attached hydrogens (tertiary/aromatic N) is 1. The van der Waals surface area contributed by atoms with Crippen molar-refractivity contribution >= 4 is 27.8 Å². The molecule has 0 atom stereocenters. The van der Waals surface area contributed by atoms with E-state index in [-0.39, 0.29) is 17.3 Å². The van der Waals surface area contributed by atoms with Gasteiger partial charge < -0.3 is 14.4 Å². The number of methoxy groups -OCH3 is 1. The summed E-state index contributed by atoms with van der Waals surface area (Å²) in [5, 5.41) is 0. The smallest absolute Gasteiger partial charge is 0.337 e. The summed E-state index contributed by atoms with van der Waals surface area (Å²) in [5.74, 6) is 0.556. The molecule has 3 aromatic rings. The van der Waals surface area contributed by atoms with Crippen molar-refractivity contribution in [3.8, 4) is 5.75 Å². The Kier molecular flexibility index (Phi) is 9.71. The largest absolute Gasteiger partial charge is 0.489 e. The molecule has 0 N–H and O–H groups in total. The van der Waals surface area contributed by atoms with Crippen LogP contribution in [0.25, 0.3) is 0 Å². The summed E-state index contributed by atoms with van der Waals surface area (Å²) < 4.78 is 12.0. The van der Waals surface area contributed by atoms with Crippen molar-refractivity contribution < 1.29 is 19.1 Å². The Balaban J connectivity index is 1.72. The first-order valence-electron chi connectivity index (χ1n) is 12.0. The predicted molar refractivity (Wildman–Crippen MR) is 146 cm³/mol. The molecular formula is C30H34BrNO4. The Morgan fingerprint density at radius 2 is 1.53 bits per heavy atom. The maximum Gasteiger partial charge on any atom is 0.337 e. The van der Waals surface area contributed by atoms with Gasteiger partial charge in [-0.15, -0.1) is 0 Å². The summed E-state index contributed by atoms with van der Waals surface area (Å²) in [7, 11) is 1.36. The van der Waals surface area contributed by atoms with Crippen LogP contribution in [0.4, 0.5) is 0 Å².